The fourth-order valence-electron chi connectivity index (χ4n) is 2.18. The molecule has 1 aromatic heterocycles. The van der Waals surface area contributed by atoms with Crippen molar-refractivity contribution in [3.63, 3.8) is 0 Å². The van der Waals surface area contributed by atoms with Gasteiger partial charge >= 0.3 is 5.97 Å². The number of thioether (sulfide) groups is 1. The van der Waals surface area contributed by atoms with E-state index in [9.17, 15) is 14.4 Å². The van der Waals surface area contributed by atoms with Crippen molar-refractivity contribution in [2.45, 2.75) is 19.9 Å². The number of amides is 1. The lowest BCUT2D eigenvalue weighted by Crippen LogP contribution is -2.51. The normalized spacial score (nSPS) is 18.4. The number of hydrogen-bond donors (Lipinski definition) is 1. The molecule has 1 saturated heterocycles. The Morgan fingerprint density at radius 2 is 2.29 bits per heavy atom. The molecule has 1 atom stereocenters. The number of aromatic nitrogens is 1. The van der Waals surface area contributed by atoms with Crippen LogP contribution in [-0.4, -0.2) is 52.5 Å². The summed E-state index contributed by atoms with van der Waals surface area (Å²) in [6.45, 7) is 4.17. The summed E-state index contributed by atoms with van der Waals surface area (Å²) in [5, 5.41) is 0. The van der Waals surface area contributed by atoms with Gasteiger partial charge in [-0.1, -0.05) is 0 Å². The molecular formula is C14H18N2O4S. The number of esters is 1. The number of H-pyrrole nitrogens is 1. The van der Waals surface area contributed by atoms with Crippen LogP contribution in [0.15, 0.2) is 17.1 Å². The molecule has 0 radical (unpaired) electrons. The number of hydrogen-bond acceptors (Lipinski definition) is 5. The number of carbonyl (C=O) groups is 2. The van der Waals surface area contributed by atoms with Gasteiger partial charge in [0.1, 0.15) is 11.6 Å². The van der Waals surface area contributed by atoms with E-state index < -0.39 is 17.9 Å². The molecule has 1 N–H and O–H groups in total. The van der Waals surface area contributed by atoms with Crippen LogP contribution in [0.5, 0.6) is 0 Å². The lowest BCUT2D eigenvalue weighted by molar-refractivity contribution is -0.147. The van der Waals surface area contributed by atoms with Gasteiger partial charge in [-0.2, -0.15) is 11.8 Å². The van der Waals surface area contributed by atoms with E-state index in [1.807, 2.05) is 0 Å². The van der Waals surface area contributed by atoms with Crippen LogP contribution < -0.4 is 5.43 Å². The van der Waals surface area contributed by atoms with Crippen LogP contribution in [0.25, 0.3) is 0 Å². The molecular weight excluding hydrogens is 292 g/mol. The number of carbonyl (C=O) groups excluding carboxylic acids is 2. The van der Waals surface area contributed by atoms with Crippen LogP contribution in [-0.2, 0) is 9.53 Å². The van der Waals surface area contributed by atoms with Crippen molar-refractivity contribution in [3.8, 4) is 0 Å². The van der Waals surface area contributed by atoms with Crippen LogP contribution in [0.3, 0.4) is 0 Å². The molecule has 2 heterocycles. The molecule has 2 rings (SSSR count). The van der Waals surface area contributed by atoms with E-state index in [-0.39, 0.29) is 17.6 Å². The first-order valence-corrected chi connectivity index (χ1v) is 7.94. The van der Waals surface area contributed by atoms with Gasteiger partial charge < -0.3 is 14.6 Å². The number of aromatic amines is 1. The molecule has 1 amide bonds. The predicted octanol–water partition coefficient (Wildman–Crippen LogP) is 0.804. The number of pyridine rings is 1. The van der Waals surface area contributed by atoms with Gasteiger partial charge in [-0.15, -0.1) is 0 Å². The number of nitrogens with zero attached hydrogens (tertiary/aromatic N) is 1. The highest BCUT2D eigenvalue weighted by molar-refractivity contribution is 7.99. The first-order chi connectivity index (χ1) is 10.0. The minimum Gasteiger partial charge on any atom is -0.464 e. The van der Waals surface area contributed by atoms with E-state index in [2.05, 4.69) is 4.98 Å². The van der Waals surface area contributed by atoms with Crippen molar-refractivity contribution < 1.29 is 14.3 Å². The first kappa shape index (κ1) is 15.6. The highest BCUT2D eigenvalue weighted by atomic mass is 32.2. The van der Waals surface area contributed by atoms with Crippen molar-refractivity contribution in [2.24, 2.45) is 0 Å². The summed E-state index contributed by atoms with van der Waals surface area (Å²) >= 11 is 1.60. The molecule has 7 heteroatoms. The van der Waals surface area contributed by atoms with Gasteiger partial charge in [-0.05, 0) is 13.8 Å². The molecule has 0 spiro atoms. The summed E-state index contributed by atoms with van der Waals surface area (Å²) in [7, 11) is 0. The molecule has 1 aliphatic heterocycles. The lowest BCUT2D eigenvalue weighted by Gasteiger charge is -2.33. The number of nitrogens with one attached hydrogen (secondary N) is 1. The predicted molar refractivity (Wildman–Crippen MR) is 80.6 cm³/mol. The Kier molecular flexibility index (Phi) is 5.06. The highest BCUT2D eigenvalue weighted by Crippen LogP contribution is 2.19. The summed E-state index contributed by atoms with van der Waals surface area (Å²) in [6.07, 6.45) is 1.41. The Hall–Kier alpha value is -1.76. The molecule has 6 nitrogen and oxygen atoms in total. The summed E-state index contributed by atoms with van der Waals surface area (Å²) in [4.78, 5) is 40.7. The lowest BCUT2D eigenvalue weighted by atomic mass is 10.2. The van der Waals surface area contributed by atoms with Crippen LogP contribution in [0.1, 0.15) is 23.0 Å². The Bertz CT molecular complexity index is 599. The number of aryl methyl sites for hydroxylation is 1. The maximum Gasteiger partial charge on any atom is 0.329 e. The number of ether oxygens (including phenoxy) is 1. The van der Waals surface area contributed by atoms with Gasteiger partial charge in [0.2, 0.25) is 0 Å². The van der Waals surface area contributed by atoms with Crippen molar-refractivity contribution in [2.75, 3.05) is 24.7 Å². The highest BCUT2D eigenvalue weighted by Gasteiger charge is 2.34. The third-order valence-electron chi connectivity index (χ3n) is 3.24. The Balaban J connectivity index is 2.26. The minimum atomic E-state index is -0.628. The Morgan fingerprint density at radius 1 is 1.52 bits per heavy atom. The largest absolute Gasteiger partial charge is 0.464 e. The maximum absolute atomic E-state index is 12.5. The summed E-state index contributed by atoms with van der Waals surface area (Å²) in [6, 6.07) is 0.752. The SMILES string of the molecule is CCOC(=O)C1CSCCN1C(=O)c1c[nH]c(C)cc1=O. The van der Waals surface area contributed by atoms with E-state index in [0.717, 1.165) is 5.75 Å². The monoisotopic (exact) mass is 310 g/mol. The fraction of sp³-hybridized carbons (Fsp3) is 0.500. The van der Waals surface area contributed by atoms with E-state index >= 15 is 0 Å². The average molecular weight is 310 g/mol. The zero-order valence-electron chi connectivity index (χ0n) is 12.0. The Morgan fingerprint density at radius 3 is 2.95 bits per heavy atom. The third kappa shape index (κ3) is 3.47. The zero-order chi connectivity index (χ0) is 15.4. The quantitative estimate of drug-likeness (QED) is 0.836. The molecule has 21 heavy (non-hydrogen) atoms. The maximum atomic E-state index is 12.5. The molecule has 0 saturated carbocycles. The summed E-state index contributed by atoms with van der Waals surface area (Å²) in [5.74, 6) is 0.399. The zero-order valence-corrected chi connectivity index (χ0v) is 12.9. The standard InChI is InChI=1S/C14H18N2O4S/c1-3-20-14(19)11-8-21-5-4-16(11)13(18)10-7-15-9(2)6-12(10)17/h6-7,11H,3-5,8H2,1-2H3,(H,15,17). The molecule has 114 valence electrons. The smallest absolute Gasteiger partial charge is 0.329 e. The molecule has 1 fully saturated rings. The summed E-state index contributed by atoms with van der Waals surface area (Å²) < 4.78 is 5.01. The van der Waals surface area contributed by atoms with Crippen LogP contribution in [0.4, 0.5) is 0 Å². The van der Waals surface area contributed by atoms with E-state index in [1.165, 1.54) is 17.2 Å². The van der Waals surface area contributed by atoms with Gasteiger partial charge in [0, 0.05) is 36.0 Å². The van der Waals surface area contributed by atoms with Crippen molar-refractivity contribution in [1.29, 1.82) is 0 Å². The fourth-order valence-corrected chi connectivity index (χ4v) is 3.21. The van der Waals surface area contributed by atoms with Crippen LogP contribution >= 0.6 is 11.8 Å². The molecule has 0 bridgehead atoms. The second-order valence-electron chi connectivity index (χ2n) is 4.74. The van der Waals surface area contributed by atoms with Crippen molar-refractivity contribution in [3.05, 3.63) is 33.7 Å². The van der Waals surface area contributed by atoms with E-state index in [1.54, 1.807) is 25.6 Å². The van der Waals surface area contributed by atoms with Gasteiger partial charge in [0.25, 0.3) is 5.91 Å². The van der Waals surface area contributed by atoms with Crippen LogP contribution in [0.2, 0.25) is 0 Å². The third-order valence-corrected chi connectivity index (χ3v) is 4.26. The van der Waals surface area contributed by atoms with E-state index in [0.29, 0.717) is 18.0 Å². The van der Waals surface area contributed by atoms with Crippen LogP contribution in [0, 0.1) is 6.92 Å². The molecule has 0 aliphatic carbocycles. The Labute approximate surface area is 126 Å². The van der Waals surface area contributed by atoms with Crippen molar-refractivity contribution >= 4 is 23.6 Å². The molecule has 1 aromatic rings. The average Bonchev–Trinajstić information content (AvgIpc) is 2.47. The first-order valence-electron chi connectivity index (χ1n) is 6.79. The van der Waals surface area contributed by atoms with Gasteiger partial charge in [-0.25, -0.2) is 4.79 Å². The minimum absolute atomic E-state index is 0.0572. The second kappa shape index (κ2) is 6.80. The summed E-state index contributed by atoms with van der Waals surface area (Å²) in [5.41, 5.74) is 0.409. The molecule has 1 unspecified atom stereocenters. The molecule has 1 aliphatic rings. The van der Waals surface area contributed by atoms with Gasteiger partial charge in [-0.3, -0.25) is 9.59 Å². The van der Waals surface area contributed by atoms with Gasteiger partial charge in [0.05, 0.1) is 6.61 Å². The van der Waals surface area contributed by atoms with Gasteiger partial charge in [0.15, 0.2) is 5.43 Å². The van der Waals surface area contributed by atoms with E-state index in [4.69, 9.17) is 4.74 Å². The van der Waals surface area contributed by atoms with Crippen molar-refractivity contribution in [1.82, 2.24) is 9.88 Å². The number of rotatable bonds is 3. The molecule has 0 aromatic carbocycles. The second-order valence-corrected chi connectivity index (χ2v) is 5.89. The topological polar surface area (TPSA) is 79.5 Å².